The first kappa shape index (κ1) is 14.8. The number of aliphatic hydroxyl groups is 1. The molecule has 1 N–H and O–H groups in total. The first-order valence-corrected chi connectivity index (χ1v) is 7.10. The molecule has 0 spiro atoms. The molecule has 1 amide bonds. The second-order valence-electron chi connectivity index (χ2n) is 5.20. The molecule has 23 heavy (non-hydrogen) atoms. The van der Waals surface area contributed by atoms with Gasteiger partial charge in [-0.1, -0.05) is 30.3 Å². The molecule has 1 unspecified atom stereocenters. The number of aliphatic hydroxyl groups excluding tert-OH is 1. The fraction of sp³-hybridized carbons (Fsp3) is 0.111. The van der Waals surface area contributed by atoms with Crippen LogP contribution in [-0.2, 0) is 9.59 Å². The number of amides is 1. The quantitative estimate of drug-likeness (QED) is 0.882. The molecule has 0 saturated carbocycles. The van der Waals surface area contributed by atoms with Gasteiger partial charge >= 0.3 is 0 Å². The Morgan fingerprint density at radius 1 is 1.22 bits per heavy atom. The number of carbonyl (C=O) groups excluding carboxylic acids is 2. The SMILES string of the molecule is CN1C(=O)C(O)=C(C(=O)/C=C/c2ccco2)C1c1ccccc1. The molecule has 1 aromatic carbocycles. The van der Waals surface area contributed by atoms with E-state index < -0.39 is 23.5 Å². The molecule has 116 valence electrons. The van der Waals surface area contributed by atoms with Crippen LogP contribution in [0.5, 0.6) is 0 Å². The molecule has 1 atom stereocenters. The number of hydrogen-bond donors (Lipinski definition) is 1. The van der Waals surface area contributed by atoms with Gasteiger partial charge in [0.05, 0.1) is 17.9 Å². The van der Waals surface area contributed by atoms with Crippen LogP contribution in [0.15, 0.2) is 70.6 Å². The molecule has 0 radical (unpaired) electrons. The number of rotatable bonds is 4. The Bertz CT molecular complexity index is 788. The van der Waals surface area contributed by atoms with Gasteiger partial charge in [0.2, 0.25) is 0 Å². The van der Waals surface area contributed by atoms with Gasteiger partial charge in [-0.05, 0) is 29.8 Å². The van der Waals surface area contributed by atoms with E-state index in [1.54, 1.807) is 19.2 Å². The van der Waals surface area contributed by atoms with Crippen molar-refractivity contribution in [3.05, 3.63) is 77.5 Å². The van der Waals surface area contributed by atoms with E-state index in [2.05, 4.69) is 0 Å². The van der Waals surface area contributed by atoms with Crippen LogP contribution in [0.3, 0.4) is 0 Å². The van der Waals surface area contributed by atoms with Crippen molar-refractivity contribution in [2.45, 2.75) is 6.04 Å². The highest BCUT2D eigenvalue weighted by atomic mass is 16.3. The number of allylic oxidation sites excluding steroid dienone is 1. The third-order valence-corrected chi connectivity index (χ3v) is 3.76. The normalized spacial score (nSPS) is 18.2. The molecule has 0 fully saturated rings. The summed E-state index contributed by atoms with van der Waals surface area (Å²) < 4.78 is 5.13. The van der Waals surface area contributed by atoms with Gasteiger partial charge in [-0.3, -0.25) is 9.59 Å². The molecule has 2 heterocycles. The summed E-state index contributed by atoms with van der Waals surface area (Å²) in [7, 11) is 1.56. The minimum absolute atomic E-state index is 0.0755. The zero-order valence-electron chi connectivity index (χ0n) is 12.5. The Morgan fingerprint density at radius 2 is 1.96 bits per heavy atom. The predicted molar refractivity (Wildman–Crippen MR) is 84.4 cm³/mol. The largest absolute Gasteiger partial charge is 0.503 e. The van der Waals surface area contributed by atoms with Gasteiger partial charge in [-0.15, -0.1) is 0 Å². The Morgan fingerprint density at radius 3 is 2.61 bits per heavy atom. The fourth-order valence-electron chi connectivity index (χ4n) is 2.63. The summed E-state index contributed by atoms with van der Waals surface area (Å²) in [5.41, 5.74) is 0.841. The summed E-state index contributed by atoms with van der Waals surface area (Å²) in [6.45, 7) is 0. The maximum atomic E-state index is 12.5. The van der Waals surface area contributed by atoms with Crippen LogP contribution in [-0.4, -0.2) is 28.7 Å². The van der Waals surface area contributed by atoms with Crippen molar-refractivity contribution >= 4 is 17.8 Å². The lowest BCUT2D eigenvalue weighted by Crippen LogP contribution is -2.26. The summed E-state index contributed by atoms with van der Waals surface area (Å²) in [6.07, 6.45) is 4.31. The van der Waals surface area contributed by atoms with Crippen molar-refractivity contribution in [3.63, 3.8) is 0 Å². The molecular weight excluding hydrogens is 294 g/mol. The topological polar surface area (TPSA) is 70.8 Å². The molecule has 2 aromatic rings. The molecule has 5 nitrogen and oxygen atoms in total. The van der Waals surface area contributed by atoms with Gasteiger partial charge in [0.25, 0.3) is 5.91 Å². The first-order valence-electron chi connectivity index (χ1n) is 7.10. The highest BCUT2D eigenvalue weighted by molar-refractivity contribution is 6.14. The molecule has 0 bridgehead atoms. The van der Waals surface area contributed by atoms with Gasteiger partial charge in [-0.2, -0.15) is 0 Å². The highest BCUT2D eigenvalue weighted by Crippen LogP contribution is 2.36. The highest BCUT2D eigenvalue weighted by Gasteiger charge is 2.40. The number of hydrogen-bond acceptors (Lipinski definition) is 4. The second-order valence-corrected chi connectivity index (χ2v) is 5.20. The fourth-order valence-corrected chi connectivity index (χ4v) is 2.63. The van der Waals surface area contributed by atoms with Crippen LogP contribution in [0.4, 0.5) is 0 Å². The number of likely N-dealkylation sites (N-methyl/N-ethyl adjacent to an activating group) is 1. The minimum atomic E-state index is -0.600. The van der Waals surface area contributed by atoms with Crippen LogP contribution in [0.2, 0.25) is 0 Å². The van der Waals surface area contributed by atoms with E-state index in [-0.39, 0.29) is 5.57 Å². The standard InChI is InChI=1S/C18H15NO4/c1-19-16(12-6-3-2-4-7-12)15(17(21)18(19)22)14(20)10-9-13-8-5-11-23-13/h2-11,16,21H,1H3/b10-9+. The Kier molecular flexibility index (Phi) is 3.85. The summed E-state index contributed by atoms with van der Waals surface area (Å²) in [6, 6.07) is 11.9. The molecule has 0 aliphatic carbocycles. The summed E-state index contributed by atoms with van der Waals surface area (Å²) in [5.74, 6) is -0.970. The number of benzene rings is 1. The lowest BCUT2D eigenvalue weighted by molar-refractivity contribution is -0.128. The van der Waals surface area contributed by atoms with E-state index in [0.717, 1.165) is 5.56 Å². The number of nitrogens with zero attached hydrogens (tertiary/aromatic N) is 1. The van der Waals surface area contributed by atoms with Gasteiger partial charge in [0, 0.05) is 7.05 Å². The molecule has 0 saturated heterocycles. The third-order valence-electron chi connectivity index (χ3n) is 3.76. The van der Waals surface area contributed by atoms with E-state index in [1.165, 1.54) is 23.3 Å². The van der Waals surface area contributed by atoms with Crippen LogP contribution < -0.4 is 0 Å². The van der Waals surface area contributed by atoms with Crippen LogP contribution in [0.25, 0.3) is 6.08 Å². The smallest absolute Gasteiger partial charge is 0.289 e. The zero-order valence-corrected chi connectivity index (χ0v) is 12.5. The van der Waals surface area contributed by atoms with Gasteiger partial charge in [0.1, 0.15) is 5.76 Å². The molecule has 5 heteroatoms. The van der Waals surface area contributed by atoms with E-state index in [9.17, 15) is 14.7 Å². The maximum Gasteiger partial charge on any atom is 0.289 e. The van der Waals surface area contributed by atoms with Gasteiger partial charge in [0.15, 0.2) is 11.5 Å². The number of carbonyl (C=O) groups is 2. The molecule has 3 rings (SSSR count). The van der Waals surface area contributed by atoms with Crippen LogP contribution in [0, 0.1) is 0 Å². The lowest BCUT2D eigenvalue weighted by Gasteiger charge is -2.22. The Balaban J connectivity index is 1.96. The summed E-state index contributed by atoms with van der Waals surface area (Å²) >= 11 is 0. The second kappa shape index (κ2) is 5.96. The lowest BCUT2D eigenvalue weighted by atomic mass is 9.96. The number of furan rings is 1. The van der Waals surface area contributed by atoms with E-state index in [0.29, 0.717) is 5.76 Å². The monoisotopic (exact) mass is 309 g/mol. The average Bonchev–Trinajstić information content (AvgIpc) is 3.16. The van der Waals surface area contributed by atoms with Crippen molar-refractivity contribution in [1.29, 1.82) is 0 Å². The molecule has 1 aliphatic rings. The number of ketones is 1. The third kappa shape index (κ3) is 2.68. The van der Waals surface area contributed by atoms with Crippen molar-refractivity contribution in [2.24, 2.45) is 0 Å². The van der Waals surface area contributed by atoms with Crippen molar-refractivity contribution in [2.75, 3.05) is 7.05 Å². The predicted octanol–water partition coefficient (Wildman–Crippen LogP) is 2.89. The van der Waals surface area contributed by atoms with E-state index >= 15 is 0 Å². The van der Waals surface area contributed by atoms with Crippen LogP contribution >= 0.6 is 0 Å². The maximum absolute atomic E-state index is 12.5. The molecule has 1 aromatic heterocycles. The summed E-state index contributed by atoms with van der Waals surface area (Å²) in [5, 5.41) is 10.1. The zero-order chi connectivity index (χ0) is 16.4. The summed E-state index contributed by atoms with van der Waals surface area (Å²) in [4.78, 5) is 25.9. The average molecular weight is 309 g/mol. The Hall–Kier alpha value is -3.08. The Labute approximate surface area is 133 Å². The van der Waals surface area contributed by atoms with E-state index in [1.807, 2.05) is 30.3 Å². The molecule has 1 aliphatic heterocycles. The first-order chi connectivity index (χ1) is 11.1. The van der Waals surface area contributed by atoms with Gasteiger partial charge in [-0.25, -0.2) is 0 Å². The van der Waals surface area contributed by atoms with Crippen molar-refractivity contribution < 1.29 is 19.1 Å². The van der Waals surface area contributed by atoms with Crippen LogP contribution in [0.1, 0.15) is 17.4 Å². The van der Waals surface area contributed by atoms with Crippen molar-refractivity contribution in [1.82, 2.24) is 4.90 Å². The van der Waals surface area contributed by atoms with Crippen molar-refractivity contribution in [3.8, 4) is 0 Å². The van der Waals surface area contributed by atoms with E-state index in [4.69, 9.17) is 4.42 Å². The minimum Gasteiger partial charge on any atom is -0.503 e. The molecular formula is C18H15NO4. The van der Waals surface area contributed by atoms with Gasteiger partial charge < -0.3 is 14.4 Å².